The Morgan fingerprint density at radius 1 is 0.800 bits per heavy atom. The summed E-state index contributed by atoms with van der Waals surface area (Å²) < 4.78 is -0.511. The van der Waals surface area contributed by atoms with E-state index in [1.165, 1.54) is 20.8 Å². The molecule has 0 amide bonds. The Hall–Kier alpha value is -1.89. The van der Waals surface area contributed by atoms with Crippen molar-refractivity contribution >= 4 is 17.9 Å². The third kappa shape index (κ3) is 6.16. The van der Waals surface area contributed by atoms with E-state index in [0.29, 0.717) is 12.8 Å². The van der Waals surface area contributed by atoms with E-state index in [1.54, 1.807) is 0 Å². The fourth-order valence-electron chi connectivity index (χ4n) is 3.24. The number of nitrogens with zero attached hydrogens (tertiary/aromatic N) is 1. The predicted octanol–water partition coefficient (Wildman–Crippen LogP) is 2.75. The van der Waals surface area contributed by atoms with Gasteiger partial charge in [-0.05, 0) is 33.6 Å². The van der Waals surface area contributed by atoms with Crippen molar-refractivity contribution in [2.75, 3.05) is 6.54 Å². The van der Waals surface area contributed by atoms with E-state index in [9.17, 15) is 29.7 Å². The van der Waals surface area contributed by atoms with Crippen LogP contribution in [0.25, 0.3) is 0 Å². The van der Waals surface area contributed by atoms with Gasteiger partial charge < -0.3 is 15.3 Å². The fourth-order valence-corrected chi connectivity index (χ4v) is 3.24. The quantitative estimate of drug-likeness (QED) is 0.265. The molecule has 3 unspecified atom stereocenters. The predicted molar refractivity (Wildman–Crippen MR) is 94.3 cm³/mol. The highest BCUT2D eigenvalue weighted by atomic mass is 16.4. The molecule has 7 nitrogen and oxygen atoms in total. The summed E-state index contributed by atoms with van der Waals surface area (Å²) in [6, 6.07) is -3.41. The van der Waals surface area contributed by atoms with E-state index in [2.05, 4.69) is 13.0 Å². The number of carbonyl (C=O) groups is 3. The van der Waals surface area contributed by atoms with Crippen LogP contribution in [-0.2, 0) is 14.4 Å². The van der Waals surface area contributed by atoms with E-state index in [0.717, 1.165) is 19.3 Å². The van der Waals surface area contributed by atoms with Gasteiger partial charge in [0.2, 0.25) is 0 Å². The van der Waals surface area contributed by atoms with Crippen LogP contribution < -0.4 is 0 Å². The van der Waals surface area contributed by atoms with Crippen LogP contribution in [0.2, 0.25) is 0 Å². The minimum absolute atomic E-state index is 0.173. The van der Waals surface area contributed by atoms with E-state index in [1.807, 2.05) is 6.08 Å². The molecule has 0 aromatic heterocycles. The van der Waals surface area contributed by atoms with Crippen molar-refractivity contribution in [3.8, 4) is 0 Å². The lowest BCUT2D eigenvalue weighted by molar-refractivity contribution is -0.968. The maximum absolute atomic E-state index is 11.6. The Balaban J connectivity index is 5.47. The van der Waals surface area contributed by atoms with Gasteiger partial charge in [-0.15, -0.1) is 0 Å². The Kier molecular flexibility index (Phi) is 10.0. The number of carboxylic acids is 3. The first-order valence-electron chi connectivity index (χ1n) is 8.83. The van der Waals surface area contributed by atoms with Gasteiger partial charge in [0.05, 0.1) is 6.54 Å². The highest BCUT2D eigenvalue weighted by Gasteiger charge is 2.52. The van der Waals surface area contributed by atoms with Crippen molar-refractivity contribution in [1.29, 1.82) is 0 Å². The molecule has 0 radical (unpaired) electrons. The molecule has 144 valence electrons. The molecule has 0 aromatic carbocycles. The molecule has 0 aliphatic heterocycles. The zero-order valence-electron chi connectivity index (χ0n) is 15.6. The first-order valence-corrected chi connectivity index (χ1v) is 8.83. The van der Waals surface area contributed by atoms with Crippen LogP contribution in [0.3, 0.4) is 0 Å². The van der Waals surface area contributed by atoms with Gasteiger partial charge in [-0.3, -0.25) is 4.48 Å². The number of unbranched alkanes of at least 4 members (excludes halogenated alkanes) is 3. The number of hydrogen-bond acceptors (Lipinski definition) is 3. The van der Waals surface area contributed by atoms with Gasteiger partial charge in [-0.2, -0.15) is 0 Å². The molecule has 0 aliphatic rings. The topological polar surface area (TPSA) is 112 Å². The van der Waals surface area contributed by atoms with Crippen molar-refractivity contribution in [3.05, 3.63) is 12.2 Å². The van der Waals surface area contributed by atoms with Crippen molar-refractivity contribution in [2.24, 2.45) is 0 Å². The van der Waals surface area contributed by atoms with Gasteiger partial charge in [-0.25, -0.2) is 14.4 Å². The molecular weight excluding hydrogens is 326 g/mol. The minimum atomic E-state index is -1.19. The summed E-state index contributed by atoms with van der Waals surface area (Å²) in [5, 5.41) is 28.4. The maximum Gasteiger partial charge on any atom is 0.362 e. The molecule has 0 saturated carbocycles. The van der Waals surface area contributed by atoms with E-state index in [-0.39, 0.29) is 6.54 Å². The molecule has 0 fully saturated rings. The number of allylic oxidation sites excluding steroid dienone is 2. The maximum atomic E-state index is 11.6. The smallest absolute Gasteiger partial charge is 0.362 e. The summed E-state index contributed by atoms with van der Waals surface area (Å²) in [5.74, 6) is -3.58. The number of quaternary nitrogens is 1. The first-order chi connectivity index (χ1) is 11.6. The van der Waals surface area contributed by atoms with Gasteiger partial charge in [0.25, 0.3) is 0 Å². The molecule has 0 aromatic rings. The van der Waals surface area contributed by atoms with Crippen LogP contribution in [0.1, 0.15) is 59.8 Å². The van der Waals surface area contributed by atoms with Crippen molar-refractivity contribution < 1.29 is 34.2 Å². The van der Waals surface area contributed by atoms with Crippen molar-refractivity contribution in [2.45, 2.75) is 77.9 Å². The monoisotopic (exact) mass is 358 g/mol. The van der Waals surface area contributed by atoms with Crippen molar-refractivity contribution in [1.82, 2.24) is 0 Å². The Bertz CT molecular complexity index is 438. The van der Waals surface area contributed by atoms with Crippen LogP contribution in [0.5, 0.6) is 0 Å². The summed E-state index contributed by atoms with van der Waals surface area (Å²) in [6.07, 6.45) is 8.40. The third-order valence-corrected chi connectivity index (χ3v) is 5.04. The molecule has 0 heterocycles. The highest BCUT2D eigenvalue weighted by molar-refractivity contribution is 5.77. The standard InChI is InChI=1S/C18H31NO6/c1-5-6-7-8-9-10-11-12-19(13(2)16(20)21,14(3)17(22)23)15(4)18(24)25/h8-9,13-15H,5-7,10-12H2,1-4H3,(H2-,20,21,22,23,24,25)/p+1/b9-8+. The van der Waals surface area contributed by atoms with Gasteiger partial charge >= 0.3 is 17.9 Å². The lowest BCUT2D eigenvalue weighted by Crippen LogP contribution is -2.70. The minimum Gasteiger partial charge on any atom is -0.477 e. The van der Waals surface area contributed by atoms with E-state index >= 15 is 0 Å². The van der Waals surface area contributed by atoms with Crippen molar-refractivity contribution in [3.63, 3.8) is 0 Å². The average Bonchev–Trinajstić information content (AvgIpc) is 2.55. The lowest BCUT2D eigenvalue weighted by Gasteiger charge is -2.47. The Morgan fingerprint density at radius 2 is 1.16 bits per heavy atom. The zero-order chi connectivity index (χ0) is 19.6. The van der Waals surface area contributed by atoms with Gasteiger partial charge in [0.1, 0.15) is 0 Å². The highest BCUT2D eigenvalue weighted by Crippen LogP contribution is 2.27. The molecule has 7 heteroatoms. The summed E-state index contributed by atoms with van der Waals surface area (Å²) in [6.45, 7) is 6.44. The average molecular weight is 358 g/mol. The van der Waals surface area contributed by atoms with E-state index < -0.39 is 40.5 Å². The van der Waals surface area contributed by atoms with E-state index in [4.69, 9.17) is 0 Å². The second-order valence-corrected chi connectivity index (χ2v) is 6.52. The van der Waals surface area contributed by atoms with Gasteiger partial charge in [-0.1, -0.05) is 31.9 Å². The van der Waals surface area contributed by atoms with Crippen LogP contribution in [0.15, 0.2) is 12.2 Å². The Morgan fingerprint density at radius 3 is 1.48 bits per heavy atom. The van der Waals surface area contributed by atoms with Gasteiger partial charge in [0.15, 0.2) is 18.1 Å². The van der Waals surface area contributed by atoms with Crippen LogP contribution >= 0.6 is 0 Å². The molecule has 25 heavy (non-hydrogen) atoms. The molecular formula is C18H32NO6+. The number of rotatable bonds is 13. The number of aliphatic carboxylic acids is 3. The third-order valence-electron chi connectivity index (χ3n) is 5.04. The lowest BCUT2D eigenvalue weighted by atomic mass is 10.0. The number of hydrogen-bond donors (Lipinski definition) is 3. The van der Waals surface area contributed by atoms with Gasteiger partial charge in [0, 0.05) is 6.42 Å². The molecule has 0 rings (SSSR count). The number of carboxylic acid groups (broad SMARTS) is 3. The summed E-state index contributed by atoms with van der Waals surface area (Å²) in [5.41, 5.74) is 0. The molecule has 0 bridgehead atoms. The molecule has 3 N–H and O–H groups in total. The SMILES string of the molecule is CCCC/C=C/CCC[N+](C(C)C(=O)O)(C(C)C(=O)O)C(C)C(=O)O. The normalized spacial score (nSPS) is 17.6. The summed E-state index contributed by atoms with van der Waals surface area (Å²) in [7, 11) is 0. The summed E-state index contributed by atoms with van der Waals surface area (Å²) >= 11 is 0. The second-order valence-electron chi connectivity index (χ2n) is 6.52. The Labute approximate surface area is 149 Å². The van der Waals surface area contributed by atoms with Crippen LogP contribution in [0, 0.1) is 0 Å². The molecule has 0 spiro atoms. The zero-order valence-corrected chi connectivity index (χ0v) is 15.6. The molecule has 3 atom stereocenters. The summed E-state index contributed by atoms with van der Waals surface area (Å²) in [4.78, 5) is 34.8. The molecule has 0 saturated heterocycles. The first kappa shape index (κ1) is 23.1. The largest absolute Gasteiger partial charge is 0.477 e. The molecule has 0 aliphatic carbocycles. The van der Waals surface area contributed by atoms with Crippen LogP contribution in [-0.4, -0.2) is 62.4 Å². The second kappa shape index (κ2) is 10.9. The van der Waals surface area contributed by atoms with Crippen LogP contribution in [0.4, 0.5) is 0 Å². The fraction of sp³-hybridized carbons (Fsp3) is 0.722.